The topological polar surface area (TPSA) is 87.6 Å². The van der Waals surface area contributed by atoms with Gasteiger partial charge in [-0.25, -0.2) is 9.78 Å². The van der Waals surface area contributed by atoms with Gasteiger partial charge in [0.05, 0.1) is 5.69 Å². The van der Waals surface area contributed by atoms with E-state index in [1.54, 1.807) is 6.07 Å². The molecule has 0 radical (unpaired) electrons. The monoisotopic (exact) mass is 396 g/mol. The molecule has 0 saturated heterocycles. The van der Waals surface area contributed by atoms with E-state index in [2.05, 4.69) is 57.8 Å². The molecule has 0 amide bonds. The zero-order chi connectivity index (χ0) is 20.7. The van der Waals surface area contributed by atoms with E-state index in [0.29, 0.717) is 17.9 Å². The molecule has 148 valence electrons. The third-order valence-electron chi connectivity index (χ3n) is 5.43. The van der Waals surface area contributed by atoms with Crippen molar-refractivity contribution in [1.29, 1.82) is 0 Å². The summed E-state index contributed by atoms with van der Waals surface area (Å²) in [6.45, 7) is 4.26. The van der Waals surface area contributed by atoms with Crippen molar-refractivity contribution in [2.45, 2.75) is 20.3 Å². The maximum Gasteiger partial charge on any atom is 0.439 e. The molecular formula is C24H20N4O2. The first-order chi connectivity index (χ1) is 14.6. The molecular weight excluding hydrogens is 376 g/mol. The number of aromatic nitrogens is 4. The van der Waals surface area contributed by atoms with Gasteiger partial charge in [-0.15, -0.1) is 0 Å². The van der Waals surface area contributed by atoms with E-state index in [1.807, 2.05) is 30.3 Å². The second-order valence-corrected chi connectivity index (χ2v) is 7.46. The van der Waals surface area contributed by atoms with Gasteiger partial charge in [-0.1, -0.05) is 41.6 Å². The number of nitrogens with zero attached hydrogens (tertiary/aromatic N) is 2. The molecule has 0 atom stereocenters. The molecule has 0 aliphatic rings. The lowest BCUT2D eigenvalue weighted by molar-refractivity contribution is 0.387. The number of benzene rings is 2. The molecule has 3 aromatic heterocycles. The minimum Gasteiger partial charge on any atom is -0.354 e. The fourth-order valence-corrected chi connectivity index (χ4v) is 3.78. The minimum absolute atomic E-state index is 0.329. The number of fused-ring (bicyclic) bond motifs is 1. The Morgan fingerprint density at radius 2 is 1.73 bits per heavy atom. The molecule has 5 rings (SSSR count). The summed E-state index contributed by atoms with van der Waals surface area (Å²) in [4.78, 5) is 22.2. The van der Waals surface area contributed by atoms with Gasteiger partial charge in [0, 0.05) is 23.0 Å². The van der Waals surface area contributed by atoms with Gasteiger partial charge in [-0.05, 0) is 60.4 Å². The van der Waals surface area contributed by atoms with Crippen LogP contribution in [0.25, 0.3) is 33.7 Å². The van der Waals surface area contributed by atoms with E-state index in [9.17, 15) is 4.79 Å². The van der Waals surface area contributed by atoms with Crippen molar-refractivity contribution in [3.05, 3.63) is 93.6 Å². The van der Waals surface area contributed by atoms with Crippen molar-refractivity contribution >= 4 is 10.9 Å². The van der Waals surface area contributed by atoms with Crippen LogP contribution in [0.15, 0.2) is 70.0 Å². The number of rotatable bonds is 4. The molecule has 0 aliphatic heterocycles. The maximum atomic E-state index is 11.3. The molecule has 3 heterocycles. The third-order valence-corrected chi connectivity index (χ3v) is 5.43. The maximum absolute atomic E-state index is 11.3. The van der Waals surface area contributed by atoms with Crippen LogP contribution in [0, 0.1) is 13.8 Å². The Balaban J connectivity index is 1.65. The van der Waals surface area contributed by atoms with Crippen molar-refractivity contribution in [3.63, 3.8) is 0 Å². The number of nitrogens with one attached hydrogen (secondary N) is 2. The van der Waals surface area contributed by atoms with E-state index < -0.39 is 5.76 Å². The molecule has 5 aromatic rings. The highest BCUT2D eigenvalue weighted by Crippen LogP contribution is 2.33. The van der Waals surface area contributed by atoms with Gasteiger partial charge in [0.2, 0.25) is 5.82 Å². The summed E-state index contributed by atoms with van der Waals surface area (Å²) in [6, 6.07) is 20.5. The van der Waals surface area contributed by atoms with Gasteiger partial charge in [-0.2, -0.15) is 0 Å². The molecule has 0 fully saturated rings. The molecule has 30 heavy (non-hydrogen) atoms. The van der Waals surface area contributed by atoms with Gasteiger partial charge in [0.1, 0.15) is 5.69 Å². The van der Waals surface area contributed by atoms with Crippen molar-refractivity contribution < 1.29 is 4.52 Å². The lowest BCUT2D eigenvalue weighted by Gasteiger charge is -2.07. The summed E-state index contributed by atoms with van der Waals surface area (Å²) in [7, 11) is 0. The Labute approximate surface area is 172 Å². The summed E-state index contributed by atoms with van der Waals surface area (Å²) in [5.41, 5.74) is 8.50. The Bertz CT molecular complexity index is 1410. The predicted molar refractivity (Wildman–Crippen MR) is 116 cm³/mol. The fraction of sp³-hybridized carbons (Fsp3) is 0.125. The highest BCUT2D eigenvalue weighted by atomic mass is 16.5. The smallest absolute Gasteiger partial charge is 0.354 e. The van der Waals surface area contributed by atoms with Crippen molar-refractivity contribution in [2.75, 3.05) is 0 Å². The summed E-state index contributed by atoms with van der Waals surface area (Å²) in [5.74, 6) is -0.262. The second kappa shape index (κ2) is 7.15. The first-order valence-electron chi connectivity index (χ1n) is 9.78. The van der Waals surface area contributed by atoms with Crippen molar-refractivity contribution in [1.82, 2.24) is 20.1 Å². The summed E-state index contributed by atoms with van der Waals surface area (Å²) in [6.07, 6.45) is 0.642. The normalized spacial score (nSPS) is 11.3. The Hall–Kier alpha value is -3.93. The van der Waals surface area contributed by atoms with Gasteiger partial charge in [-0.3, -0.25) is 9.51 Å². The standard InChI is InChI=1S/C24H20N4O2/c1-14-11-18-19(13-17-9-6-10-20(25-17)23-27-24(29)30-28-23)22(16-7-4-3-5-8-16)26-21(18)12-15(14)2/h3-12,26H,13H2,1-2H3,(H,27,28,29). The van der Waals surface area contributed by atoms with Crippen LogP contribution in [0.4, 0.5) is 0 Å². The first kappa shape index (κ1) is 18.1. The molecule has 0 unspecified atom stereocenters. The summed E-state index contributed by atoms with van der Waals surface area (Å²) < 4.78 is 4.62. The highest BCUT2D eigenvalue weighted by Gasteiger charge is 2.16. The molecule has 0 spiro atoms. The van der Waals surface area contributed by atoms with Crippen LogP contribution in [0.2, 0.25) is 0 Å². The van der Waals surface area contributed by atoms with E-state index in [4.69, 9.17) is 4.98 Å². The average Bonchev–Trinajstić information content (AvgIpc) is 3.34. The largest absolute Gasteiger partial charge is 0.439 e. The van der Waals surface area contributed by atoms with Gasteiger partial charge in [0.15, 0.2) is 0 Å². The molecule has 2 N–H and O–H groups in total. The number of hydrogen-bond acceptors (Lipinski definition) is 4. The predicted octanol–water partition coefficient (Wildman–Crippen LogP) is 4.78. The average molecular weight is 396 g/mol. The van der Waals surface area contributed by atoms with E-state index in [0.717, 1.165) is 22.5 Å². The van der Waals surface area contributed by atoms with Crippen LogP contribution in [-0.4, -0.2) is 20.1 Å². The van der Waals surface area contributed by atoms with Crippen LogP contribution in [-0.2, 0) is 6.42 Å². The molecule has 6 nitrogen and oxygen atoms in total. The number of aryl methyl sites for hydroxylation is 2. The number of hydrogen-bond donors (Lipinski definition) is 2. The van der Waals surface area contributed by atoms with Crippen LogP contribution in [0.1, 0.15) is 22.4 Å². The lowest BCUT2D eigenvalue weighted by Crippen LogP contribution is -1.98. The van der Waals surface area contributed by atoms with Crippen LogP contribution >= 0.6 is 0 Å². The van der Waals surface area contributed by atoms with Crippen LogP contribution in [0.3, 0.4) is 0 Å². The van der Waals surface area contributed by atoms with Crippen molar-refractivity contribution in [2.24, 2.45) is 0 Å². The van der Waals surface area contributed by atoms with Gasteiger partial charge >= 0.3 is 5.76 Å². The quantitative estimate of drug-likeness (QED) is 0.458. The van der Waals surface area contributed by atoms with E-state index in [1.165, 1.54) is 22.1 Å². The SMILES string of the molecule is Cc1cc2[nH]c(-c3ccccc3)c(Cc3cccc(-c4noc(=O)[nH]4)n3)c2cc1C. The minimum atomic E-state index is -0.592. The summed E-state index contributed by atoms with van der Waals surface area (Å²) in [5, 5.41) is 4.94. The zero-order valence-electron chi connectivity index (χ0n) is 16.7. The third kappa shape index (κ3) is 3.22. The summed E-state index contributed by atoms with van der Waals surface area (Å²) >= 11 is 0. The first-order valence-corrected chi connectivity index (χ1v) is 9.78. The van der Waals surface area contributed by atoms with Crippen LogP contribution in [0.5, 0.6) is 0 Å². The molecule has 6 heteroatoms. The Morgan fingerprint density at radius 1 is 0.933 bits per heavy atom. The molecule has 2 aromatic carbocycles. The highest BCUT2D eigenvalue weighted by molar-refractivity contribution is 5.92. The molecule has 0 aliphatic carbocycles. The number of H-pyrrole nitrogens is 2. The fourth-order valence-electron chi connectivity index (χ4n) is 3.78. The van der Waals surface area contributed by atoms with Gasteiger partial charge < -0.3 is 4.98 Å². The number of pyridine rings is 1. The lowest BCUT2D eigenvalue weighted by atomic mass is 9.98. The zero-order valence-corrected chi connectivity index (χ0v) is 16.7. The molecule has 0 bridgehead atoms. The van der Waals surface area contributed by atoms with Crippen LogP contribution < -0.4 is 5.76 Å². The second-order valence-electron chi connectivity index (χ2n) is 7.46. The van der Waals surface area contributed by atoms with Crippen molar-refractivity contribution in [3.8, 4) is 22.8 Å². The Kier molecular flexibility index (Phi) is 4.32. The van der Waals surface area contributed by atoms with E-state index in [-0.39, 0.29) is 0 Å². The molecule has 0 saturated carbocycles. The van der Waals surface area contributed by atoms with E-state index >= 15 is 0 Å². The number of aromatic amines is 2. The Morgan fingerprint density at radius 3 is 2.50 bits per heavy atom. The van der Waals surface area contributed by atoms with Gasteiger partial charge in [0.25, 0.3) is 0 Å².